The number of halogens is 1. The third-order valence-corrected chi connectivity index (χ3v) is 4.50. The molecule has 1 rings (SSSR count). The van der Waals surface area contributed by atoms with E-state index in [0.717, 1.165) is 10.0 Å². The summed E-state index contributed by atoms with van der Waals surface area (Å²) in [6.45, 7) is 4.66. The molecule has 0 aliphatic heterocycles. The summed E-state index contributed by atoms with van der Waals surface area (Å²) in [5.41, 5.74) is 1.13. The van der Waals surface area contributed by atoms with Crippen molar-refractivity contribution in [2.24, 2.45) is 0 Å². The molecule has 0 aromatic heterocycles. The van der Waals surface area contributed by atoms with E-state index < -0.39 is 10.0 Å². The quantitative estimate of drug-likeness (QED) is 0.802. The predicted molar refractivity (Wildman–Crippen MR) is 78.0 cm³/mol. The minimum atomic E-state index is -3.14. The van der Waals surface area contributed by atoms with Crippen LogP contribution in [0.5, 0.6) is 0 Å². The van der Waals surface area contributed by atoms with Crippen LogP contribution in [-0.4, -0.2) is 27.3 Å². The Kier molecular flexibility index (Phi) is 6.28. The van der Waals surface area contributed by atoms with Gasteiger partial charge < -0.3 is 5.32 Å². The molecule has 1 aromatic carbocycles. The fourth-order valence-corrected chi connectivity index (χ4v) is 2.98. The fraction of sp³-hybridized carbons (Fsp3) is 0.500. The first-order valence-corrected chi connectivity index (χ1v) is 8.35. The Labute approximate surface area is 117 Å². The topological polar surface area (TPSA) is 58.2 Å². The highest BCUT2D eigenvalue weighted by molar-refractivity contribution is 9.10. The average Bonchev–Trinajstić information content (AvgIpc) is 2.28. The molecule has 0 heterocycles. The second-order valence-corrected chi connectivity index (χ2v) is 6.89. The molecule has 0 fully saturated rings. The van der Waals surface area contributed by atoms with E-state index >= 15 is 0 Å². The first kappa shape index (κ1) is 15.6. The Bertz CT molecular complexity index is 477. The Hall–Kier alpha value is -0.430. The zero-order valence-electron chi connectivity index (χ0n) is 10.6. The first-order valence-electron chi connectivity index (χ1n) is 5.91. The molecule has 0 radical (unpaired) electrons. The average molecular weight is 335 g/mol. The van der Waals surface area contributed by atoms with Crippen LogP contribution in [0, 0.1) is 0 Å². The number of benzene rings is 1. The van der Waals surface area contributed by atoms with Gasteiger partial charge in [-0.2, -0.15) is 0 Å². The van der Waals surface area contributed by atoms with Gasteiger partial charge in [0.25, 0.3) is 0 Å². The van der Waals surface area contributed by atoms with Gasteiger partial charge in [0.1, 0.15) is 0 Å². The maximum absolute atomic E-state index is 11.4. The van der Waals surface area contributed by atoms with E-state index in [1.807, 2.05) is 31.2 Å². The van der Waals surface area contributed by atoms with Crippen LogP contribution in [-0.2, 0) is 10.0 Å². The van der Waals surface area contributed by atoms with Gasteiger partial charge in [0.05, 0.1) is 5.75 Å². The Morgan fingerprint density at radius 3 is 2.72 bits per heavy atom. The molecule has 4 nitrogen and oxygen atoms in total. The van der Waals surface area contributed by atoms with Crippen LogP contribution < -0.4 is 10.0 Å². The van der Waals surface area contributed by atoms with Crippen LogP contribution in [0.15, 0.2) is 28.7 Å². The Morgan fingerprint density at radius 1 is 1.39 bits per heavy atom. The Morgan fingerprint density at radius 2 is 2.11 bits per heavy atom. The van der Waals surface area contributed by atoms with Crippen molar-refractivity contribution in [3.05, 3.63) is 34.3 Å². The van der Waals surface area contributed by atoms with Crippen molar-refractivity contribution in [1.82, 2.24) is 10.0 Å². The molecule has 1 unspecified atom stereocenters. The molecular weight excluding hydrogens is 316 g/mol. The second-order valence-electron chi connectivity index (χ2n) is 4.05. The highest BCUT2D eigenvalue weighted by Crippen LogP contribution is 2.17. The van der Waals surface area contributed by atoms with Crippen LogP contribution >= 0.6 is 15.9 Å². The maximum atomic E-state index is 11.4. The molecule has 0 saturated carbocycles. The zero-order chi connectivity index (χ0) is 13.6. The predicted octanol–water partition coefficient (Wildman–Crippen LogP) is 2.04. The van der Waals surface area contributed by atoms with Crippen molar-refractivity contribution in [1.29, 1.82) is 0 Å². The summed E-state index contributed by atoms with van der Waals surface area (Å²) in [4.78, 5) is 0. The molecule has 2 N–H and O–H groups in total. The van der Waals surface area contributed by atoms with Gasteiger partial charge in [-0.25, -0.2) is 13.1 Å². The van der Waals surface area contributed by atoms with Crippen molar-refractivity contribution < 1.29 is 8.42 Å². The van der Waals surface area contributed by atoms with Gasteiger partial charge in [0, 0.05) is 23.6 Å². The van der Waals surface area contributed by atoms with E-state index in [0.29, 0.717) is 13.1 Å². The molecule has 0 aliphatic rings. The van der Waals surface area contributed by atoms with Crippen molar-refractivity contribution in [2.45, 2.75) is 19.9 Å². The smallest absolute Gasteiger partial charge is 0.212 e. The summed E-state index contributed by atoms with van der Waals surface area (Å²) in [5, 5.41) is 3.20. The van der Waals surface area contributed by atoms with E-state index in [1.54, 1.807) is 6.92 Å². The normalized spacial score (nSPS) is 13.5. The molecule has 0 aliphatic carbocycles. The summed E-state index contributed by atoms with van der Waals surface area (Å²) in [6, 6.07) is 8.09. The first-order chi connectivity index (χ1) is 8.44. The van der Waals surface area contributed by atoms with Gasteiger partial charge in [-0.3, -0.25) is 0 Å². The number of nitrogens with one attached hydrogen (secondary N) is 2. The van der Waals surface area contributed by atoms with Gasteiger partial charge in [-0.1, -0.05) is 35.0 Å². The van der Waals surface area contributed by atoms with Gasteiger partial charge in [0.15, 0.2) is 0 Å². The minimum absolute atomic E-state index is 0.0964. The largest absolute Gasteiger partial charge is 0.309 e. The fourth-order valence-electron chi connectivity index (χ4n) is 1.60. The van der Waals surface area contributed by atoms with E-state index in [2.05, 4.69) is 26.0 Å². The third kappa shape index (κ3) is 5.48. The van der Waals surface area contributed by atoms with Crippen molar-refractivity contribution in [2.75, 3.05) is 18.8 Å². The summed E-state index contributed by atoms with van der Waals surface area (Å²) in [6.07, 6.45) is 0. The van der Waals surface area contributed by atoms with Gasteiger partial charge in [-0.15, -0.1) is 0 Å². The molecule has 102 valence electrons. The molecule has 0 saturated heterocycles. The maximum Gasteiger partial charge on any atom is 0.212 e. The summed E-state index contributed by atoms with van der Waals surface area (Å²) < 4.78 is 26.4. The van der Waals surface area contributed by atoms with Gasteiger partial charge in [-0.05, 0) is 24.6 Å². The highest BCUT2D eigenvalue weighted by atomic mass is 79.9. The van der Waals surface area contributed by atoms with E-state index in [9.17, 15) is 8.42 Å². The van der Waals surface area contributed by atoms with E-state index in [1.165, 1.54) is 0 Å². The van der Waals surface area contributed by atoms with Gasteiger partial charge in [0.2, 0.25) is 10.0 Å². The zero-order valence-corrected chi connectivity index (χ0v) is 13.0. The second kappa shape index (κ2) is 7.23. The molecule has 18 heavy (non-hydrogen) atoms. The summed E-state index contributed by atoms with van der Waals surface area (Å²) in [7, 11) is -3.14. The van der Waals surface area contributed by atoms with Crippen LogP contribution in [0.4, 0.5) is 0 Å². The lowest BCUT2D eigenvalue weighted by molar-refractivity contribution is 0.564. The standard InChI is InChI=1S/C12H19BrN2O2S/c1-3-15-18(16,17)8-7-14-10(2)11-5-4-6-12(13)9-11/h4-6,9-10,14-15H,3,7-8H2,1-2H3. The number of hydrogen-bond donors (Lipinski definition) is 2. The molecule has 0 amide bonds. The number of rotatable bonds is 7. The minimum Gasteiger partial charge on any atom is -0.309 e. The van der Waals surface area contributed by atoms with E-state index in [4.69, 9.17) is 0 Å². The molecule has 6 heteroatoms. The van der Waals surface area contributed by atoms with Gasteiger partial charge >= 0.3 is 0 Å². The van der Waals surface area contributed by atoms with Crippen LogP contribution in [0.25, 0.3) is 0 Å². The molecular formula is C12H19BrN2O2S. The SMILES string of the molecule is CCNS(=O)(=O)CCNC(C)c1cccc(Br)c1. The third-order valence-electron chi connectivity index (χ3n) is 2.53. The number of hydrogen-bond acceptors (Lipinski definition) is 3. The monoisotopic (exact) mass is 334 g/mol. The lowest BCUT2D eigenvalue weighted by Crippen LogP contribution is -2.32. The lowest BCUT2D eigenvalue weighted by atomic mass is 10.1. The van der Waals surface area contributed by atoms with Crippen LogP contribution in [0.1, 0.15) is 25.5 Å². The lowest BCUT2D eigenvalue weighted by Gasteiger charge is -2.14. The summed E-state index contributed by atoms with van der Waals surface area (Å²) >= 11 is 3.42. The van der Waals surface area contributed by atoms with Crippen molar-refractivity contribution in [3.8, 4) is 0 Å². The highest BCUT2D eigenvalue weighted by Gasteiger charge is 2.10. The van der Waals surface area contributed by atoms with Crippen molar-refractivity contribution >= 4 is 26.0 Å². The van der Waals surface area contributed by atoms with Crippen LogP contribution in [0.3, 0.4) is 0 Å². The molecule has 0 spiro atoms. The van der Waals surface area contributed by atoms with Crippen LogP contribution in [0.2, 0.25) is 0 Å². The van der Waals surface area contributed by atoms with E-state index in [-0.39, 0.29) is 11.8 Å². The number of sulfonamides is 1. The summed E-state index contributed by atoms with van der Waals surface area (Å²) in [5.74, 6) is 0.0964. The molecule has 1 aromatic rings. The van der Waals surface area contributed by atoms with Crippen molar-refractivity contribution in [3.63, 3.8) is 0 Å². The Balaban J connectivity index is 2.45. The molecule has 0 bridgehead atoms. The molecule has 1 atom stereocenters.